The standard InChI is InChI=1S/C19H23ClN2O2/c1-24-18-8-2-15(3-9-18)19(23)14-21-10-12-22(13-11-21)17-6-4-16(20)5-7-17/h2-9,19,23H,10-14H2,1H3. The molecule has 1 aliphatic heterocycles. The zero-order valence-electron chi connectivity index (χ0n) is 13.9. The average Bonchev–Trinajstić information content (AvgIpc) is 2.63. The molecule has 0 bridgehead atoms. The summed E-state index contributed by atoms with van der Waals surface area (Å²) < 4.78 is 5.15. The predicted molar refractivity (Wildman–Crippen MR) is 98.1 cm³/mol. The van der Waals surface area contributed by atoms with Gasteiger partial charge in [-0.05, 0) is 42.0 Å². The molecule has 5 heteroatoms. The Morgan fingerprint density at radius 1 is 1.00 bits per heavy atom. The lowest BCUT2D eigenvalue weighted by atomic mass is 10.1. The fourth-order valence-corrected chi connectivity index (χ4v) is 3.14. The molecule has 1 N–H and O–H groups in total. The van der Waals surface area contributed by atoms with Crippen LogP contribution in [0.1, 0.15) is 11.7 Å². The molecule has 1 aliphatic rings. The van der Waals surface area contributed by atoms with Crippen LogP contribution in [-0.4, -0.2) is 49.8 Å². The Morgan fingerprint density at radius 2 is 1.62 bits per heavy atom. The lowest BCUT2D eigenvalue weighted by Crippen LogP contribution is -2.47. The molecule has 0 aliphatic carbocycles. The van der Waals surface area contributed by atoms with Gasteiger partial charge < -0.3 is 14.7 Å². The molecule has 0 saturated carbocycles. The number of halogens is 1. The fraction of sp³-hybridized carbons (Fsp3) is 0.368. The second-order valence-electron chi connectivity index (χ2n) is 6.05. The van der Waals surface area contributed by atoms with Gasteiger partial charge in [0.05, 0.1) is 13.2 Å². The van der Waals surface area contributed by atoms with E-state index in [0.717, 1.165) is 42.5 Å². The molecule has 1 atom stereocenters. The van der Waals surface area contributed by atoms with Crippen LogP contribution in [0.4, 0.5) is 5.69 Å². The first-order chi connectivity index (χ1) is 11.7. The quantitative estimate of drug-likeness (QED) is 0.902. The van der Waals surface area contributed by atoms with Gasteiger partial charge in [0.1, 0.15) is 5.75 Å². The fourth-order valence-electron chi connectivity index (χ4n) is 3.02. The molecule has 4 nitrogen and oxygen atoms in total. The highest BCUT2D eigenvalue weighted by molar-refractivity contribution is 6.30. The van der Waals surface area contributed by atoms with E-state index < -0.39 is 6.10 Å². The number of aliphatic hydroxyl groups excluding tert-OH is 1. The number of anilines is 1. The van der Waals surface area contributed by atoms with E-state index >= 15 is 0 Å². The molecule has 2 aromatic rings. The zero-order valence-corrected chi connectivity index (χ0v) is 14.6. The summed E-state index contributed by atoms with van der Waals surface area (Å²) in [5.74, 6) is 0.808. The second-order valence-corrected chi connectivity index (χ2v) is 6.49. The van der Waals surface area contributed by atoms with Crippen LogP contribution in [0.3, 0.4) is 0 Å². The summed E-state index contributed by atoms with van der Waals surface area (Å²) in [5.41, 5.74) is 2.13. The summed E-state index contributed by atoms with van der Waals surface area (Å²) in [4.78, 5) is 4.66. The van der Waals surface area contributed by atoms with Crippen molar-refractivity contribution in [1.29, 1.82) is 0 Å². The Kier molecular flexibility index (Phi) is 5.61. The van der Waals surface area contributed by atoms with Crippen molar-refractivity contribution in [1.82, 2.24) is 4.90 Å². The van der Waals surface area contributed by atoms with Crippen LogP contribution in [-0.2, 0) is 0 Å². The van der Waals surface area contributed by atoms with Gasteiger partial charge in [-0.1, -0.05) is 23.7 Å². The summed E-state index contributed by atoms with van der Waals surface area (Å²) in [7, 11) is 1.64. The highest BCUT2D eigenvalue weighted by Gasteiger charge is 2.20. The van der Waals surface area contributed by atoms with Crippen molar-refractivity contribution in [2.75, 3.05) is 44.7 Å². The van der Waals surface area contributed by atoms with Crippen LogP contribution >= 0.6 is 11.6 Å². The van der Waals surface area contributed by atoms with E-state index in [2.05, 4.69) is 21.9 Å². The number of hydrogen-bond acceptors (Lipinski definition) is 4. The van der Waals surface area contributed by atoms with E-state index in [1.54, 1.807) is 7.11 Å². The zero-order chi connectivity index (χ0) is 16.9. The minimum atomic E-state index is -0.474. The van der Waals surface area contributed by atoms with E-state index in [1.807, 2.05) is 36.4 Å². The Hall–Kier alpha value is -1.75. The normalized spacial score (nSPS) is 16.9. The molecule has 0 aromatic heterocycles. The number of ether oxygens (including phenoxy) is 1. The first-order valence-electron chi connectivity index (χ1n) is 8.20. The monoisotopic (exact) mass is 346 g/mol. The van der Waals surface area contributed by atoms with Crippen molar-refractivity contribution in [2.24, 2.45) is 0 Å². The predicted octanol–water partition coefficient (Wildman–Crippen LogP) is 3.20. The van der Waals surface area contributed by atoms with E-state index in [0.29, 0.717) is 6.54 Å². The maximum absolute atomic E-state index is 10.4. The molecule has 0 spiro atoms. The number of β-amino-alcohol motifs (C(OH)–C–C–N with tert-alkyl or cyclic N) is 1. The number of rotatable bonds is 5. The third-order valence-corrected chi connectivity index (χ3v) is 4.75. The third kappa shape index (κ3) is 4.20. The van der Waals surface area contributed by atoms with Crippen LogP contribution in [0.2, 0.25) is 5.02 Å². The van der Waals surface area contributed by atoms with Crippen LogP contribution in [0.25, 0.3) is 0 Å². The van der Waals surface area contributed by atoms with Gasteiger partial charge in [0, 0.05) is 43.4 Å². The smallest absolute Gasteiger partial charge is 0.118 e. The SMILES string of the molecule is COc1ccc(C(O)CN2CCN(c3ccc(Cl)cc3)CC2)cc1. The summed E-state index contributed by atoms with van der Waals surface area (Å²) in [6, 6.07) is 15.6. The van der Waals surface area contributed by atoms with Gasteiger partial charge in [0.25, 0.3) is 0 Å². The second kappa shape index (κ2) is 7.88. The van der Waals surface area contributed by atoms with Crippen molar-refractivity contribution in [3.05, 3.63) is 59.1 Å². The molecule has 128 valence electrons. The topological polar surface area (TPSA) is 35.9 Å². The molecule has 3 rings (SSSR count). The molecule has 1 saturated heterocycles. The minimum absolute atomic E-state index is 0.474. The number of piperazine rings is 1. The molecular formula is C19H23ClN2O2. The summed E-state index contributed by atoms with van der Waals surface area (Å²) in [6.45, 7) is 4.44. The molecule has 1 fully saturated rings. The van der Waals surface area contributed by atoms with Gasteiger partial charge in [0.15, 0.2) is 0 Å². The average molecular weight is 347 g/mol. The van der Waals surface area contributed by atoms with Crippen LogP contribution in [0.15, 0.2) is 48.5 Å². The van der Waals surface area contributed by atoms with Crippen LogP contribution in [0.5, 0.6) is 5.75 Å². The number of methoxy groups -OCH3 is 1. The van der Waals surface area contributed by atoms with Crippen molar-refractivity contribution in [2.45, 2.75) is 6.10 Å². The van der Waals surface area contributed by atoms with Crippen LogP contribution < -0.4 is 9.64 Å². The van der Waals surface area contributed by atoms with Gasteiger partial charge >= 0.3 is 0 Å². The number of hydrogen-bond donors (Lipinski definition) is 1. The van der Waals surface area contributed by atoms with E-state index in [1.165, 1.54) is 5.69 Å². The number of nitrogens with zero attached hydrogens (tertiary/aromatic N) is 2. The highest BCUT2D eigenvalue weighted by atomic mass is 35.5. The van der Waals surface area contributed by atoms with Gasteiger partial charge in [-0.3, -0.25) is 4.90 Å². The summed E-state index contributed by atoms with van der Waals surface area (Å²) in [5, 5.41) is 11.2. The maximum atomic E-state index is 10.4. The van der Waals surface area contributed by atoms with E-state index in [4.69, 9.17) is 16.3 Å². The first-order valence-corrected chi connectivity index (χ1v) is 8.58. The molecule has 2 aromatic carbocycles. The number of aliphatic hydroxyl groups is 1. The van der Waals surface area contributed by atoms with E-state index in [-0.39, 0.29) is 0 Å². The first kappa shape index (κ1) is 17.1. The molecular weight excluding hydrogens is 324 g/mol. The molecule has 0 amide bonds. The van der Waals surface area contributed by atoms with Gasteiger partial charge in [0.2, 0.25) is 0 Å². The van der Waals surface area contributed by atoms with E-state index in [9.17, 15) is 5.11 Å². The summed E-state index contributed by atoms with van der Waals surface area (Å²) >= 11 is 5.95. The molecule has 0 radical (unpaired) electrons. The number of benzene rings is 2. The van der Waals surface area contributed by atoms with Crippen molar-refractivity contribution >= 4 is 17.3 Å². The Labute approximate surface area is 148 Å². The lowest BCUT2D eigenvalue weighted by molar-refractivity contribution is 0.109. The lowest BCUT2D eigenvalue weighted by Gasteiger charge is -2.37. The Bertz CT molecular complexity index is 637. The molecule has 24 heavy (non-hydrogen) atoms. The molecule has 1 heterocycles. The maximum Gasteiger partial charge on any atom is 0.118 e. The van der Waals surface area contributed by atoms with Crippen molar-refractivity contribution in [3.8, 4) is 5.75 Å². The van der Waals surface area contributed by atoms with Gasteiger partial charge in [-0.2, -0.15) is 0 Å². The summed E-state index contributed by atoms with van der Waals surface area (Å²) in [6.07, 6.45) is -0.474. The Balaban J connectivity index is 1.51. The molecule has 1 unspecified atom stereocenters. The largest absolute Gasteiger partial charge is 0.497 e. The van der Waals surface area contributed by atoms with Crippen molar-refractivity contribution < 1.29 is 9.84 Å². The van der Waals surface area contributed by atoms with Crippen molar-refractivity contribution in [3.63, 3.8) is 0 Å². The highest BCUT2D eigenvalue weighted by Crippen LogP contribution is 2.22. The van der Waals surface area contributed by atoms with Gasteiger partial charge in [-0.25, -0.2) is 0 Å². The minimum Gasteiger partial charge on any atom is -0.497 e. The Morgan fingerprint density at radius 3 is 2.21 bits per heavy atom. The van der Waals surface area contributed by atoms with Crippen LogP contribution in [0, 0.1) is 0 Å². The third-order valence-electron chi connectivity index (χ3n) is 4.50. The van der Waals surface area contributed by atoms with Gasteiger partial charge in [-0.15, -0.1) is 0 Å².